The number of carbonyl (C=O) groups is 1. The van der Waals surface area contributed by atoms with E-state index in [2.05, 4.69) is 20.4 Å². The number of aliphatic imine (C=N–C) groups is 1. The lowest BCUT2D eigenvalue weighted by Gasteiger charge is -2.12. The van der Waals surface area contributed by atoms with E-state index in [9.17, 15) is 18.0 Å². The first kappa shape index (κ1) is 29.4. The van der Waals surface area contributed by atoms with E-state index in [-0.39, 0.29) is 36.6 Å². The molecule has 0 unspecified atom stereocenters. The Bertz CT molecular complexity index is 641. The summed E-state index contributed by atoms with van der Waals surface area (Å²) >= 11 is 0. The van der Waals surface area contributed by atoms with Crippen LogP contribution in [-0.2, 0) is 27.4 Å². The molecule has 178 valence electrons. The average molecular weight is 559 g/mol. The molecule has 0 heterocycles. The maximum atomic E-state index is 12.1. The molecule has 0 aliphatic carbocycles. The topological polar surface area (TPSA) is 72.0 Å². The first-order chi connectivity index (χ1) is 14.3. The van der Waals surface area contributed by atoms with Crippen LogP contribution in [-0.4, -0.2) is 44.9 Å². The number of nitrogens with one attached hydrogen (secondary N) is 2. The summed E-state index contributed by atoms with van der Waals surface area (Å²) in [6.45, 7) is 2.23. The van der Waals surface area contributed by atoms with E-state index in [0.29, 0.717) is 31.1 Å². The molecule has 31 heavy (non-hydrogen) atoms. The number of benzene rings is 1. The van der Waals surface area contributed by atoms with Gasteiger partial charge in [0.05, 0.1) is 13.2 Å². The van der Waals surface area contributed by atoms with Crippen molar-refractivity contribution >= 4 is 35.9 Å². The Kier molecular flexibility index (Phi) is 16.2. The number of hydrogen-bond acceptors (Lipinski definition) is 4. The summed E-state index contributed by atoms with van der Waals surface area (Å²) in [4.78, 5) is 15.4. The van der Waals surface area contributed by atoms with Crippen LogP contribution >= 0.6 is 24.0 Å². The lowest BCUT2D eigenvalue weighted by atomic mass is 10.1. The Morgan fingerprint density at radius 1 is 1.03 bits per heavy atom. The van der Waals surface area contributed by atoms with Crippen molar-refractivity contribution in [1.29, 1.82) is 0 Å². The summed E-state index contributed by atoms with van der Waals surface area (Å²) in [6, 6.07) is 7.19. The molecule has 0 aliphatic rings. The third-order valence-corrected chi connectivity index (χ3v) is 4.15. The molecular formula is C21H33F3IN3O3. The third-order valence-electron chi connectivity index (χ3n) is 4.15. The van der Waals surface area contributed by atoms with Crippen LogP contribution < -0.4 is 10.6 Å². The Hall–Kier alpha value is -1.56. The van der Waals surface area contributed by atoms with E-state index < -0.39 is 12.8 Å². The van der Waals surface area contributed by atoms with Gasteiger partial charge in [-0.25, -0.2) is 0 Å². The molecule has 0 saturated heterocycles. The van der Waals surface area contributed by atoms with Crippen LogP contribution in [0.2, 0.25) is 0 Å². The number of ether oxygens (including phenoxy) is 2. The van der Waals surface area contributed by atoms with Crippen molar-refractivity contribution < 1.29 is 27.4 Å². The Labute approximate surface area is 199 Å². The van der Waals surface area contributed by atoms with Crippen molar-refractivity contribution in [2.75, 3.05) is 26.8 Å². The van der Waals surface area contributed by atoms with Crippen LogP contribution in [0.5, 0.6) is 0 Å². The number of halogens is 4. The highest BCUT2D eigenvalue weighted by atomic mass is 127. The van der Waals surface area contributed by atoms with E-state index in [1.807, 2.05) is 12.1 Å². The number of alkyl halides is 3. The number of carbonyl (C=O) groups excluding carboxylic acids is 1. The van der Waals surface area contributed by atoms with Crippen LogP contribution in [0.4, 0.5) is 13.2 Å². The van der Waals surface area contributed by atoms with Crippen molar-refractivity contribution in [3.05, 3.63) is 35.4 Å². The van der Waals surface area contributed by atoms with Gasteiger partial charge >= 0.3 is 12.1 Å². The molecule has 0 radical (unpaired) electrons. The minimum atomic E-state index is -4.31. The summed E-state index contributed by atoms with van der Waals surface area (Å²) in [6.07, 6.45) is -0.0425. The predicted octanol–water partition coefficient (Wildman–Crippen LogP) is 4.56. The van der Waals surface area contributed by atoms with Crippen LogP contribution in [0, 0.1) is 0 Å². The van der Waals surface area contributed by atoms with E-state index in [4.69, 9.17) is 4.74 Å². The molecule has 1 rings (SSSR count). The highest BCUT2D eigenvalue weighted by molar-refractivity contribution is 14.0. The minimum absolute atomic E-state index is 0. The zero-order chi connectivity index (χ0) is 22.2. The molecule has 0 bridgehead atoms. The Morgan fingerprint density at radius 3 is 2.29 bits per heavy atom. The molecule has 6 nitrogen and oxygen atoms in total. The number of nitrogens with zero attached hydrogens (tertiary/aromatic N) is 1. The fraction of sp³-hybridized carbons (Fsp3) is 0.619. The Balaban J connectivity index is 0.00000900. The fourth-order valence-corrected chi connectivity index (χ4v) is 2.63. The average Bonchev–Trinajstić information content (AvgIpc) is 2.70. The lowest BCUT2D eigenvalue weighted by molar-refractivity contribution is -0.176. The molecular weight excluding hydrogens is 526 g/mol. The van der Waals surface area contributed by atoms with Gasteiger partial charge in [0.2, 0.25) is 0 Å². The van der Waals surface area contributed by atoms with Gasteiger partial charge in [0.25, 0.3) is 0 Å². The molecule has 2 N–H and O–H groups in total. The summed E-state index contributed by atoms with van der Waals surface area (Å²) in [7, 11) is 1.69. The first-order valence-electron chi connectivity index (χ1n) is 10.2. The molecule has 0 aromatic heterocycles. The van der Waals surface area contributed by atoms with E-state index in [1.54, 1.807) is 26.1 Å². The van der Waals surface area contributed by atoms with Crippen molar-refractivity contribution in [2.24, 2.45) is 4.99 Å². The minimum Gasteiger partial charge on any atom is -0.466 e. The highest BCUT2D eigenvalue weighted by Gasteiger charge is 2.27. The molecule has 0 amide bonds. The fourth-order valence-electron chi connectivity index (χ4n) is 2.63. The quantitative estimate of drug-likeness (QED) is 0.122. The van der Waals surface area contributed by atoms with Gasteiger partial charge in [-0.15, -0.1) is 24.0 Å². The standard InChI is InChI=1S/C21H32F3N3O3.HI/c1-3-30-19(28)8-6-4-5-7-13-26-20(25-2)27-14-17-9-11-18(12-10-17)15-29-16-21(22,23)24;/h9-12H,3-8,13-16H2,1-2H3,(H2,25,26,27);1H. The van der Waals surface area contributed by atoms with E-state index in [0.717, 1.165) is 37.8 Å². The van der Waals surface area contributed by atoms with Gasteiger partial charge in [-0.3, -0.25) is 9.79 Å². The molecule has 0 fully saturated rings. The Morgan fingerprint density at radius 2 is 1.68 bits per heavy atom. The van der Waals surface area contributed by atoms with Crippen LogP contribution in [0.25, 0.3) is 0 Å². The molecule has 1 aromatic carbocycles. The molecule has 1 aromatic rings. The van der Waals surface area contributed by atoms with Crippen molar-refractivity contribution in [3.63, 3.8) is 0 Å². The van der Waals surface area contributed by atoms with Gasteiger partial charge < -0.3 is 20.1 Å². The maximum Gasteiger partial charge on any atom is 0.411 e. The molecule has 0 saturated carbocycles. The van der Waals surface area contributed by atoms with Crippen LogP contribution in [0.1, 0.15) is 50.2 Å². The van der Waals surface area contributed by atoms with Crippen molar-refractivity contribution in [1.82, 2.24) is 10.6 Å². The van der Waals surface area contributed by atoms with Crippen LogP contribution in [0.15, 0.2) is 29.3 Å². The van der Waals surface area contributed by atoms with Gasteiger partial charge in [0.1, 0.15) is 6.61 Å². The predicted molar refractivity (Wildman–Crippen MR) is 125 cm³/mol. The van der Waals surface area contributed by atoms with E-state index in [1.165, 1.54) is 0 Å². The summed E-state index contributed by atoms with van der Waals surface area (Å²) in [5, 5.41) is 6.43. The second kappa shape index (κ2) is 17.0. The van der Waals surface area contributed by atoms with Gasteiger partial charge in [0.15, 0.2) is 5.96 Å². The highest BCUT2D eigenvalue weighted by Crippen LogP contribution is 2.15. The second-order valence-electron chi connectivity index (χ2n) is 6.75. The largest absolute Gasteiger partial charge is 0.466 e. The van der Waals surface area contributed by atoms with Crippen molar-refractivity contribution in [2.45, 2.75) is 58.4 Å². The molecule has 0 spiro atoms. The van der Waals surface area contributed by atoms with E-state index >= 15 is 0 Å². The summed E-state index contributed by atoms with van der Waals surface area (Å²) < 4.78 is 45.8. The zero-order valence-electron chi connectivity index (χ0n) is 18.1. The lowest BCUT2D eigenvalue weighted by Crippen LogP contribution is -2.37. The first-order valence-corrected chi connectivity index (χ1v) is 10.2. The van der Waals surface area contributed by atoms with Gasteiger partial charge in [-0.2, -0.15) is 13.2 Å². The van der Waals surface area contributed by atoms with Gasteiger partial charge in [0, 0.05) is 26.6 Å². The van der Waals surface area contributed by atoms with Gasteiger partial charge in [-0.05, 0) is 30.9 Å². The normalized spacial score (nSPS) is 11.6. The maximum absolute atomic E-state index is 12.1. The number of unbranched alkanes of at least 4 members (excludes halogenated alkanes) is 3. The monoisotopic (exact) mass is 559 g/mol. The number of esters is 1. The smallest absolute Gasteiger partial charge is 0.411 e. The summed E-state index contributed by atoms with van der Waals surface area (Å²) in [5.74, 6) is 0.543. The number of hydrogen-bond donors (Lipinski definition) is 2. The SMILES string of the molecule is CCOC(=O)CCCCCCNC(=NC)NCc1ccc(COCC(F)(F)F)cc1.I. The molecule has 10 heteroatoms. The summed E-state index contributed by atoms with van der Waals surface area (Å²) in [5.41, 5.74) is 1.67. The third kappa shape index (κ3) is 15.8. The zero-order valence-corrected chi connectivity index (χ0v) is 20.4. The number of guanidine groups is 1. The van der Waals surface area contributed by atoms with Crippen molar-refractivity contribution in [3.8, 4) is 0 Å². The molecule has 0 aliphatic heterocycles. The second-order valence-corrected chi connectivity index (χ2v) is 6.75. The molecule has 0 atom stereocenters. The van der Waals surface area contributed by atoms with Gasteiger partial charge in [-0.1, -0.05) is 37.1 Å². The number of rotatable bonds is 13. The van der Waals surface area contributed by atoms with Crippen LogP contribution in [0.3, 0.4) is 0 Å².